The van der Waals surface area contributed by atoms with Gasteiger partial charge in [0.05, 0.1) is 30.9 Å². The molecule has 0 bridgehead atoms. The highest BCUT2D eigenvalue weighted by atomic mass is 35.5. The first kappa shape index (κ1) is 29.0. The van der Waals surface area contributed by atoms with E-state index in [1.54, 1.807) is 6.07 Å². The average molecular weight is 456 g/mol. The zero-order valence-corrected chi connectivity index (χ0v) is 19.0. The molecule has 0 aliphatic rings. The van der Waals surface area contributed by atoms with E-state index in [1.165, 1.54) is 6.07 Å². The van der Waals surface area contributed by atoms with Crippen LogP contribution in [0.1, 0.15) is 64.0 Å². The van der Waals surface area contributed by atoms with Crippen LogP contribution in [0.5, 0.6) is 5.75 Å². The third-order valence-corrected chi connectivity index (χ3v) is 5.24. The van der Waals surface area contributed by atoms with Crippen LogP contribution in [0.3, 0.4) is 0 Å². The van der Waals surface area contributed by atoms with Crippen molar-refractivity contribution >= 4 is 12.4 Å². The van der Waals surface area contributed by atoms with E-state index < -0.39 is 30.5 Å². The van der Waals surface area contributed by atoms with Crippen LogP contribution in [0.25, 0.3) is 0 Å². The molecule has 30 heavy (non-hydrogen) atoms. The van der Waals surface area contributed by atoms with Crippen LogP contribution in [0.4, 0.5) is 13.2 Å². The Morgan fingerprint density at radius 2 is 1.67 bits per heavy atom. The number of aliphatic hydroxyl groups excluding tert-OH is 2. The Bertz CT molecular complexity index is 608. The number of rotatable bonds is 13. The molecule has 4 N–H and O–H groups in total. The summed E-state index contributed by atoms with van der Waals surface area (Å²) in [5.74, 6) is 0.890. The van der Waals surface area contributed by atoms with Crippen molar-refractivity contribution < 1.29 is 28.1 Å². The highest BCUT2D eigenvalue weighted by Crippen LogP contribution is 2.37. The Morgan fingerprint density at radius 1 is 1.03 bits per heavy atom. The third-order valence-electron chi connectivity index (χ3n) is 5.24. The highest BCUT2D eigenvalue weighted by molar-refractivity contribution is 5.85. The largest absolute Gasteiger partial charge is 0.493 e. The van der Waals surface area contributed by atoms with Crippen LogP contribution in [0.15, 0.2) is 18.2 Å². The summed E-state index contributed by atoms with van der Waals surface area (Å²) in [5, 5.41) is 18.5. The number of aliphatic hydroxyl groups is 2. The third kappa shape index (κ3) is 10.3. The number of ether oxygens (including phenoxy) is 1. The van der Waals surface area contributed by atoms with Crippen LogP contribution < -0.4 is 10.5 Å². The van der Waals surface area contributed by atoms with E-state index in [0.717, 1.165) is 25.3 Å². The number of benzene rings is 1. The van der Waals surface area contributed by atoms with Gasteiger partial charge < -0.3 is 20.7 Å². The predicted octanol–water partition coefficient (Wildman–Crippen LogP) is 4.97. The fourth-order valence-electron chi connectivity index (χ4n) is 3.07. The van der Waals surface area contributed by atoms with Crippen molar-refractivity contribution in [2.24, 2.45) is 17.6 Å². The van der Waals surface area contributed by atoms with Crippen LogP contribution in [-0.4, -0.2) is 35.6 Å². The molecule has 0 unspecified atom stereocenters. The molecule has 0 spiro atoms. The summed E-state index contributed by atoms with van der Waals surface area (Å²) in [5.41, 5.74) is 4.21. The second-order valence-electron chi connectivity index (χ2n) is 8.57. The molecular weight excluding hydrogens is 419 g/mol. The van der Waals surface area contributed by atoms with Gasteiger partial charge in [-0.1, -0.05) is 46.1 Å². The summed E-state index contributed by atoms with van der Waals surface area (Å²) >= 11 is 0. The van der Waals surface area contributed by atoms with Crippen molar-refractivity contribution in [1.29, 1.82) is 0 Å². The molecule has 0 aliphatic carbocycles. The number of hydrogen-bond acceptors (Lipinski definition) is 4. The molecule has 0 saturated carbocycles. The molecule has 1 atom stereocenters. The summed E-state index contributed by atoms with van der Waals surface area (Å²) in [7, 11) is 0. The molecule has 0 aromatic heterocycles. The molecule has 0 aliphatic heterocycles. The van der Waals surface area contributed by atoms with Crippen molar-refractivity contribution in [3.05, 3.63) is 29.3 Å². The van der Waals surface area contributed by atoms with Gasteiger partial charge in [0.2, 0.25) is 0 Å². The number of halogens is 4. The second-order valence-corrected chi connectivity index (χ2v) is 8.57. The van der Waals surface area contributed by atoms with Crippen LogP contribution in [0.2, 0.25) is 0 Å². The van der Waals surface area contributed by atoms with E-state index in [1.807, 2.05) is 0 Å². The van der Waals surface area contributed by atoms with Gasteiger partial charge in [-0.15, -0.1) is 12.4 Å². The number of hydrogen-bond donors (Lipinski definition) is 3. The molecule has 1 aromatic carbocycles. The summed E-state index contributed by atoms with van der Waals surface area (Å²) in [6.07, 6.45) is -0.114. The van der Waals surface area contributed by atoms with Crippen LogP contribution >= 0.6 is 12.4 Å². The second kappa shape index (κ2) is 13.4. The average Bonchev–Trinajstić information content (AvgIpc) is 2.65. The summed E-state index contributed by atoms with van der Waals surface area (Å²) in [6, 6.07) is 3.99. The molecule has 1 aromatic rings. The van der Waals surface area contributed by atoms with E-state index in [9.17, 15) is 23.4 Å². The molecule has 4 nitrogen and oxygen atoms in total. The maximum absolute atomic E-state index is 13.5. The summed E-state index contributed by atoms with van der Waals surface area (Å²) < 4.78 is 45.9. The van der Waals surface area contributed by atoms with Gasteiger partial charge in [-0.3, -0.25) is 0 Å². The monoisotopic (exact) mass is 455 g/mol. The van der Waals surface area contributed by atoms with Gasteiger partial charge in [0.15, 0.2) is 0 Å². The van der Waals surface area contributed by atoms with E-state index >= 15 is 0 Å². The zero-order valence-electron chi connectivity index (χ0n) is 18.2. The van der Waals surface area contributed by atoms with Crippen molar-refractivity contribution in [3.8, 4) is 5.75 Å². The van der Waals surface area contributed by atoms with Crippen molar-refractivity contribution in [2.75, 3.05) is 19.8 Å². The molecule has 176 valence electrons. The van der Waals surface area contributed by atoms with Gasteiger partial charge in [0.25, 0.3) is 0 Å². The molecule has 0 heterocycles. The lowest BCUT2D eigenvalue weighted by Crippen LogP contribution is -2.47. The van der Waals surface area contributed by atoms with Gasteiger partial charge in [-0.05, 0) is 48.8 Å². The molecular formula is C22H37ClF3NO3. The highest BCUT2D eigenvalue weighted by Gasteiger charge is 2.35. The van der Waals surface area contributed by atoms with Crippen molar-refractivity contribution in [2.45, 2.75) is 71.0 Å². The van der Waals surface area contributed by atoms with Gasteiger partial charge in [-0.2, -0.15) is 13.2 Å². The summed E-state index contributed by atoms with van der Waals surface area (Å²) in [4.78, 5) is 0. The van der Waals surface area contributed by atoms with Crippen LogP contribution in [0, 0.1) is 11.8 Å². The van der Waals surface area contributed by atoms with E-state index in [2.05, 4.69) is 20.8 Å². The van der Waals surface area contributed by atoms with Gasteiger partial charge in [0.1, 0.15) is 5.75 Å². The first-order valence-corrected chi connectivity index (χ1v) is 10.3. The zero-order chi connectivity index (χ0) is 22.1. The fourth-order valence-corrected chi connectivity index (χ4v) is 3.07. The quantitative estimate of drug-likeness (QED) is 0.392. The maximum atomic E-state index is 13.5. The normalized spacial score (nSPS) is 13.3. The smallest absolute Gasteiger partial charge is 0.419 e. The number of nitrogens with two attached hydrogens (primary N) is 1. The van der Waals surface area contributed by atoms with Gasteiger partial charge in [0, 0.05) is 0 Å². The predicted molar refractivity (Wildman–Crippen MR) is 116 cm³/mol. The van der Waals surface area contributed by atoms with E-state index in [-0.39, 0.29) is 37.6 Å². The topological polar surface area (TPSA) is 75.7 Å². The van der Waals surface area contributed by atoms with Crippen molar-refractivity contribution in [3.63, 3.8) is 0 Å². The molecule has 8 heteroatoms. The maximum Gasteiger partial charge on any atom is 0.419 e. The van der Waals surface area contributed by atoms with E-state index in [0.29, 0.717) is 23.8 Å². The fraction of sp³-hybridized carbons (Fsp3) is 0.727. The lowest BCUT2D eigenvalue weighted by molar-refractivity contribution is -0.139. The van der Waals surface area contributed by atoms with Crippen molar-refractivity contribution in [1.82, 2.24) is 0 Å². The SMILES string of the molecule is CC(C)CCC[C@H](C)CCOc1ccc(CCC(N)(CO)CO)cc1C(F)(F)F.Cl. The van der Waals surface area contributed by atoms with Gasteiger partial charge >= 0.3 is 6.18 Å². The lowest BCUT2D eigenvalue weighted by Gasteiger charge is -2.24. The number of aryl methyl sites for hydroxylation is 1. The molecule has 0 saturated heterocycles. The standard InChI is InChI=1S/C22H36F3NO3.ClH/c1-16(2)5-4-6-17(3)10-12-29-20-8-7-18(13-19(20)22(23,24)25)9-11-21(26,14-27)15-28;/h7-8,13,16-17,27-28H,4-6,9-12,14-15,26H2,1-3H3;1H/t17-;/m0./s1. The molecule has 1 rings (SSSR count). The minimum absolute atomic E-state index is 0. The van der Waals surface area contributed by atoms with E-state index in [4.69, 9.17) is 10.5 Å². The minimum Gasteiger partial charge on any atom is -0.493 e. The Balaban J connectivity index is 0.00000841. The molecule has 0 amide bonds. The Kier molecular flexibility index (Phi) is 12.9. The summed E-state index contributed by atoms with van der Waals surface area (Å²) in [6.45, 7) is 5.82. The Morgan fingerprint density at radius 3 is 2.20 bits per heavy atom. The first-order valence-electron chi connectivity index (χ1n) is 10.3. The minimum atomic E-state index is -4.53. The van der Waals surface area contributed by atoms with Crippen LogP contribution in [-0.2, 0) is 12.6 Å². The molecule has 0 fully saturated rings. The Labute approximate surface area is 184 Å². The van der Waals surface area contributed by atoms with Gasteiger partial charge in [-0.25, -0.2) is 0 Å². The first-order chi connectivity index (χ1) is 13.5. The molecule has 0 radical (unpaired) electrons. The number of alkyl halides is 3. The lowest BCUT2D eigenvalue weighted by atomic mass is 9.93. The Hall–Kier alpha value is -1.02.